The van der Waals surface area contributed by atoms with Crippen molar-refractivity contribution in [2.24, 2.45) is 11.8 Å². The first-order valence-corrected chi connectivity index (χ1v) is 26.0. The van der Waals surface area contributed by atoms with Crippen LogP contribution >= 0.6 is 0 Å². The summed E-state index contributed by atoms with van der Waals surface area (Å²) in [6.07, 6.45) is 17.5. The van der Waals surface area contributed by atoms with E-state index >= 15 is 0 Å². The molecule has 16 nitrogen and oxygen atoms in total. The van der Waals surface area contributed by atoms with Crippen molar-refractivity contribution in [3.8, 4) is 0 Å². The zero-order chi connectivity index (χ0) is 46.7. The Morgan fingerprint density at radius 3 is 1.54 bits per heavy atom. The summed E-state index contributed by atoms with van der Waals surface area (Å²) < 4.78 is 91.5. The first kappa shape index (κ1) is 47.5. The largest absolute Gasteiger partial charge is 0.481 e. The molecule has 9 heterocycles. The van der Waals surface area contributed by atoms with E-state index in [0.717, 1.165) is 130 Å². The van der Waals surface area contributed by atoms with Gasteiger partial charge in [0.25, 0.3) is 0 Å². The summed E-state index contributed by atoms with van der Waals surface area (Å²) in [6.45, 7) is 5.77. The number of ether oxygens (including phenoxy) is 2. The SMILES string of the molecule is O=C(CC1CCOCC1)N1CC(S(=O)(=O)N2CCC(c3coc4cccnc34)CC2)C1.O=C(O)CC1CCOCC1.O=S(=O)(C1CCC1)N1CCC(c2coc3cccnc23)CC1.[2H]CF. The molecule has 1 aliphatic carbocycles. The number of nitrogens with zero attached hydrogens (tertiary/aromatic N) is 5. The van der Waals surface area contributed by atoms with Crippen LogP contribution < -0.4 is 0 Å². The van der Waals surface area contributed by atoms with Gasteiger partial charge in [-0.2, -0.15) is 0 Å². The van der Waals surface area contributed by atoms with Crippen LogP contribution in [0.15, 0.2) is 58.0 Å². The van der Waals surface area contributed by atoms with E-state index < -0.39 is 38.4 Å². The molecule has 0 unspecified atom stereocenters. The van der Waals surface area contributed by atoms with Crippen LogP contribution in [0.4, 0.5) is 4.39 Å². The molecule has 0 radical (unpaired) electrons. The number of rotatable bonds is 10. The van der Waals surface area contributed by atoms with Gasteiger partial charge in [-0.05, 0) is 112 Å². The number of carbonyl (C=O) groups excluding carboxylic acids is 1. The second kappa shape index (κ2) is 22.7. The Morgan fingerprint density at radius 2 is 1.12 bits per heavy atom. The molecule has 5 saturated heterocycles. The molecular weight excluding hydrogens is 882 g/mol. The molecule has 0 aromatic carbocycles. The Morgan fingerprint density at radius 1 is 0.692 bits per heavy atom. The molecule has 65 heavy (non-hydrogen) atoms. The quantitative estimate of drug-likeness (QED) is 0.176. The minimum atomic E-state index is -3.38. The zero-order valence-electron chi connectivity index (χ0n) is 38.0. The second-order valence-corrected chi connectivity index (χ2v) is 22.3. The Balaban J connectivity index is 0.000000160. The Bertz CT molecular complexity index is 2400. The molecule has 4 aromatic rings. The number of carbonyl (C=O) groups is 2. The zero-order valence-corrected chi connectivity index (χ0v) is 38.6. The number of carboxylic acids is 1. The van der Waals surface area contributed by atoms with Crippen LogP contribution in [0.5, 0.6) is 0 Å². The number of alkyl halides is 1. The third-order valence-electron chi connectivity index (χ3n) is 13.9. The lowest BCUT2D eigenvalue weighted by molar-refractivity contribution is -0.139. The van der Waals surface area contributed by atoms with E-state index in [4.69, 9.17) is 24.8 Å². The third-order valence-corrected chi connectivity index (χ3v) is 18.5. The van der Waals surface area contributed by atoms with Gasteiger partial charge < -0.3 is 28.3 Å². The van der Waals surface area contributed by atoms with E-state index in [1.54, 1.807) is 38.4 Å². The number of furan rings is 2. The monoisotopic (exact) mass is 946 g/mol. The summed E-state index contributed by atoms with van der Waals surface area (Å²) in [5, 5.41) is 7.83. The van der Waals surface area contributed by atoms with Gasteiger partial charge in [-0.3, -0.25) is 23.9 Å². The molecule has 6 fully saturated rings. The number of likely N-dealkylation sites (tertiary alicyclic amines) is 1. The summed E-state index contributed by atoms with van der Waals surface area (Å²) in [5.41, 5.74) is 5.57. The van der Waals surface area contributed by atoms with Gasteiger partial charge in [0, 0.05) is 102 Å². The van der Waals surface area contributed by atoms with Gasteiger partial charge in [0.2, 0.25) is 26.0 Å². The van der Waals surface area contributed by atoms with Gasteiger partial charge in [0.15, 0.2) is 11.2 Å². The predicted octanol–water partition coefficient (Wildman–Crippen LogP) is 6.73. The number of fused-ring (bicyclic) bond motifs is 2. The molecule has 1 N–H and O–H groups in total. The van der Waals surface area contributed by atoms with Crippen molar-refractivity contribution in [3.05, 3.63) is 60.3 Å². The fourth-order valence-electron chi connectivity index (χ4n) is 9.64. The van der Waals surface area contributed by atoms with Crippen LogP contribution in [0.3, 0.4) is 0 Å². The Kier molecular flexibility index (Phi) is 16.5. The molecular formula is C46H64FN5O11S2. The van der Waals surface area contributed by atoms with Crippen LogP contribution in [-0.2, 0) is 39.1 Å². The second-order valence-electron chi connectivity index (χ2n) is 17.9. The fourth-order valence-corrected chi connectivity index (χ4v) is 13.6. The number of sulfonamides is 2. The van der Waals surface area contributed by atoms with Crippen LogP contribution in [0, 0.1) is 11.8 Å². The first-order valence-electron chi connectivity index (χ1n) is 23.7. The maximum absolute atomic E-state index is 13.1. The molecule has 19 heteroatoms. The number of piperidine rings is 2. The molecule has 4 aromatic heterocycles. The lowest BCUT2D eigenvalue weighted by Crippen LogP contribution is -2.60. The van der Waals surface area contributed by atoms with Crippen molar-refractivity contribution < 1.29 is 55.6 Å². The smallest absolute Gasteiger partial charge is 0.303 e. The average molecular weight is 947 g/mol. The number of amides is 1. The minimum Gasteiger partial charge on any atom is -0.481 e. The highest BCUT2D eigenvalue weighted by atomic mass is 32.2. The molecule has 1 amide bonds. The summed E-state index contributed by atoms with van der Waals surface area (Å²) in [7, 11) is -7.44. The molecule has 0 atom stereocenters. The number of pyridine rings is 2. The number of halogens is 1. The van der Waals surface area contributed by atoms with Crippen molar-refractivity contribution in [2.75, 3.05) is 72.8 Å². The van der Waals surface area contributed by atoms with E-state index in [-0.39, 0.29) is 17.1 Å². The fraction of sp³-hybridized carbons (Fsp3) is 0.652. The lowest BCUT2D eigenvalue weighted by Gasteiger charge is -2.42. The highest BCUT2D eigenvalue weighted by Crippen LogP contribution is 2.38. The number of aromatic nitrogens is 2. The highest BCUT2D eigenvalue weighted by Gasteiger charge is 2.44. The lowest BCUT2D eigenvalue weighted by atomic mass is 9.91. The van der Waals surface area contributed by atoms with Crippen LogP contribution in [-0.4, -0.2) is 141 Å². The number of aliphatic carboxylic acids is 1. The van der Waals surface area contributed by atoms with E-state index in [1.165, 1.54) is 0 Å². The van der Waals surface area contributed by atoms with Gasteiger partial charge in [0.1, 0.15) is 16.3 Å². The molecule has 358 valence electrons. The molecule has 6 aliphatic rings. The summed E-state index contributed by atoms with van der Waals surface area (Å²) in [5.74, 6) is 0.699. The Hall–Kier alpha value is -4.01. The molecule has 0 spiro atoms. The highest BCUT2D eigenvalue weighted by molar-refractivity contribution is 7.90. The van der Waals surface area contributed by atoms with Gasteiger partial charge >= 0.3 is 5.97 Å². The number of hydrogen-bond acceptors (Lipinski definition) is 12. The topological polar surface area (TPSA) is 203 Å². The summed E-state index contributed by atoms with van der Waals surface area (Å²) in [4.78, 5) is 33.3. The van der Waals surface area contributed by atoms with E-state index in [1.807, 2.05) is 24.3 Å². The Labute approximate surface area is 382 Å². The maximum atomic E-state index is 13.1. The summed E-state index contributed by atoms with van der Waals surface area (Å²) >= 11 is 0. The molecule has 5 aliphatic heterocycles. The van der Waals surface area contributed by atoms with Crippen LogP contribution in [0.1, 0.15) is 108 Å². The third kappa shape index (κ3) is 11.9. The first-order chi connectivity index (χ1) is 31.9. The molecule has 0 bridgehead atoms. The summed E-state index contributed by atoms with van der Waals surface area (Å²) in [6, 6.07) is 7.53. The van der Waals surface area contributed by atoms with Gasteiger partial charge in [-0.25, -0.2) is 25.4 Å². The van der Waals surface area contributed by atoms with Gasteiger partial charge in [0.05, 0.1) is 26.3 Å². The van der Waals surface area contributed by atoms with E-state index in [2.05, 4.69) is 9.97 Å². The van der Waals surface area contributed by atoms with E-state index in [9.17, 15) is 30.8 Å². The van der Waals surface area contributed by atoms with Crippen molar-refractivity contribution in [1.29, 1.82) is 0 Å². The predicted molar refractivity (Wildman–Crippen MR) is 242 cm³/mol. The van der Waals surface area contributed by atoms with Crippen LogP contribution in [0.25, 0.3) is 22.2 Å². The standard InChI is InChI=1S/C22H29N3O5S.C16H20N2O3S.C7H12O3.CH3F/c26-21(12-16-5-10-29-11-6-16)24-13-18(14-24)31(27,28)25-8-3-17(4-9-25)19-15-30-20-2-1-7-23-22(19)20;19-22(20,13-3-1-4-13)18-9-6-12(7-10-18)14-11-21-15-5-2-8-17-16(14)15;8-7(9)5-6-1-3-10-4-2-6;1-2/h1-2,7,15-18H,3-6,8-14H2;2,5,8,11-13H,1,3-4,6-7,9-10H2;6H,1-5H2,(H,8,9);1H3/i;;;1D. The van der Waals surface area contributed by atoms with Crippen molar-refractivity contribution in [1.82, 2.24) is 23.5 Å². The van der Waals surface area contributed by atoms with E-state index in [0.29, 0.717) is 69.9 Å². The average Bonchev–Trinajstić information content (AvgIpc) is 3.92. The molecule has 10 rings (SSSR count). The van der Waals surface area contributed by atoms with Crippen molar-refractivity contribution >= 4 is 54.1 Å². The van der Waals surface area contributed by atoms with Crippen molar-refractivity contribution in [2.45, 2.75) is 106 Å². The van der Waals surface area contributed by atoms with Gasteiger partial charge in [-0.1, -0.05) is 6.42 Å². The van der Waals surface area contributed by atoms with Crippen LogP contribution in [0.2, 0.25) is 0 Å². The van der Waals surface area contributed by atoms with Crippen molar-refractivity contribution in [3.63, 3.8) is 0 Å². The molecule has 1 saturated carbocycles. The number of hydrogen-bond donors (Lipinski definition) is 1. The minimum absolute atomic E-state index is 0.0800. The van der Waals surface area contributed by atoms with Gasteiger partial charge in [-0.15, -0.1) is 0 Å². The number of carboxylic acid groups (broad SMARTS) is 1. The normalized spacial score (nSPS) is 21.7. The maximum Gasteiger partial charge on any atom is 0.303 e.